The van der Waals surface area contributed by atoms with Crippen LogP contribution in [0.25, 0.3) is 0 Å². The monoisotopic (exact) mass is 409 g/mol. The van der Waals surface area contributed by atoms with E-state index in [0.717, 1.165) is 17.1 Å². The van der Waals surface area contributed by atoms with Crippen LogP contribution in [0.2, 0.25) is 0 Å². The van der Waals surface area contributed by atoms with Crippen LogP contribution < -0.4 is 10.2 Å². The van der Waals surface area contributed by atoms with Gasteiger partial charge in [-0.3, -0.25) is 4.57 Å². The van der Waals surface area contributed by atoms with Crippen molar-refractivity contribution in [2.45, 2.75) is 27.7 Å². The third-order valence-corrected chi connectivity index (χ3v) is 6.73. The van der Waals surface area contributed by atoms with Gasteiger partial charge in [-0.2, -0.15) is 0 Å². The summed E-state index contributed by atoms with van der Waals surface area (Å²) in [6.45, 7) is 8.45. The Labute approximate surface area is 173 Å². The highest BCUT2D eigenvalue weighted by Gasteiger charge is 2.26. The molecule has 0 fully saturated rings. The molecular weight excluding hydrogens is 381 g/mol. The Balaban J connectivity index is 2.03. The Morgan fingerprint density at radius 1 is 0.655 bits per heavy atom. The predicted octanol–water partition coefficient (Wildman–Crippen LogP) is 6.66. The van der Waals surface area contributed by atoms with E-state index in [1.165, 1.54) is 11.1 Å². The van der Waals surface area contributed by atoms with Crippen molar-refractivity contribution in [3.63, 3.8) is 0 Å². The number of hydrogen-bond donors (Lipinski definition) is 0. The van der Waals surface area contributed by atoms with Crippen molar-refractivity contribution in [1.29, 1.82) is 0 Å². The summed E-state index contributed by atoms with van der Waals surface area (Å²) in [5.41, 5.74) is 5.51. The van der Waals surface area contributed by atoms with Gasteiger partial charge in [0, 0.05) is 17.1 Å². The Morgan fingerprint density at radius 2 is 1.00 bits per heavy atom. The highest BCUT2D eigenvalue weighted by Crippen LogP contribution is 2.47. The number of nitrogens with zero attached hydrogens (tertiary/aromatic N) is 1. The summed E-state index contributed by atoms with van der Waals surface area (Å²) >= 11 is 0. The largest absolute Gasteiger partial charge is 0.361 e. The smallest absolute Gasteiger partial charge is 0.311 e. The summed E-state index contributed by atoms with van der Waals surface area (Å²) in [6.07, 6.45) is 0. The van der Waals surface area contributed by atoms with Gasteiger partial charge in [-0.15, -0.1) is 0 Å². The third-order valence-electron chi connectivity index (χ3n) is 4.61. The lowest BCUT2D eigenvalue weighted by atomic mass is 10.1. The van der Waals surface area contributed by atoms with Crippen LogP contribution in [-0.4, -0.2) is 13.2 Å². The van der Waals surface area contributed by atoms with Crippen molar-refractivity contribution in [1.82, 2.24) is 0 Å². The van der Waals surface area contributed by atoms with Gasteiger partial charge in [0.15, 0.2) is 0 Å². The number of benzene rings is 3. The molecular formula is C24H28NO3P. The van der Waals surface area contributed by atoms with Gasteiger partial charge in [0.25, 0.3) is 0 Å². The number of rotatable bonds is 8. The second-order valence-corrected chi connectivity index (χ2v) is 8.88. The summed E-state index contributed by atoms with van der Waals surface area (Å²) in [7, 11) is -3.30. The molecule has 3 rings (SSSR count). The standard InChI is InChI=1S/C24H28NO3P/c1-5-27-29(26,28-6-2)24-17-15-23(16-18-24)25(21-11-7-19(3)8-12-21)22-13-9-20(4)10-14-22/h7-18H,5-6H2,1-4H3. The molecule has 0 amide bonds. The first-order valence-corrected chi connectivity index (χ1v) is 11.4. The molecule has 0 aliphatic heterocycles. The predicted molar refractivity (Wildman–Crippen MR) is 121 cm³/mol. The molecule has 29 heavy (non-hydrogen) atoms. The topological polar surface area (TPSA) is 38.8 Å². The zero-order chi connectivity index (χ0) is 20.9. The fraction of sp³-hybridized carbons (Fsp3) is 0.250. The zero-order valence-electron chi connectivity index (χ0n) is 17.5. The van der Waals surface area contributed by atoms with Gasteiger partial charge in [0.2, 0.25) is 0 Å². The normalized spacial score (nSPS) is 11.4. The van der Waals surface area contributed by atoms with Crippen molar-refractivity contribution in [3.8, 4) is 0 Å². The van der Waals surface area contributed by atoms with E-state index in [0.29, 0.717) is 18.5 Å². The first-order chi connectivity index (χ1) is 14.0. The molecule has 0 spiro atoms. The van der Waals surface area contributed by atoms with Gasteiger partial charge >= 0.3 is 7.60 Å². The number of hydrogen-bond acceptors (Lipinski definition) is 4. The Bertz CT molecular complexity index is 911. The second kappa shape index (κ2) is 9.41. The number of anilines is 3. The van der Waals surface area contributed by atoms with Gasteiger partial charge in [-0.05, 0) is 76.2 Å². The quantitative estimate of drug-likeness (QED) is 0.390. The van der Waals surface area contributed by atoms with E-state index in [9.17, 15) is 4.57 Å². The molecule has 0 aliphatic rings. The minimum absolute atomic E-state index is 0.331. The maximum Gasteiger partial charge on any atom is 0.361 e. The Kier molecular flexibility index (Phi) is 6.92. The molecule has 0 radical (unpaired) electrons. The van der Waals surface area contributed by atoms with Crippen molar-refractivity contribution >= 4 is 30.0 Å². The van der Waals surface area contributed by atoms with Crippen molar-refractivity contribution < 1.29 is 13.6 Å². The second-order valence-electron chi connectivity index (χ2n) is 6.86. The lowest BCUT2D eigenvalue weighted by molar-refractivity contribution is 0.230. The van der Waals surface area contributed by atoms with E-state index >= 15 is 0 Å². The third kappa shape index (κ3) is 4.97. The molecule has 0 heterocycles. The van der Waals surface area contributed by atoms with E-state index in [1.54, 1.807) is 0 Å². The number of aryl methyl sites for hydroxylation is 2. The molecule has 152 valence electrons. The molecule has 4 nitrogen and oxygen atoms in total. The van der Waals surface area contributed by atoms with Crippen LogP contribution in [-0.2, 0) is 13.6 Å². The summed E-state index contributed by atoms with van der Waals surface area (Å²) in [4.78, 5) is 2.18. The molecule has 0 N–H and O–H groups in total. The molecule has 0 bridgehead atoms. The van der Waals surface area contributed by atoms with Gasteiger partial charge < -0.3 is 13.9 Å². The van der Waals surface area contributed by atoms with Crippen LogP contribution in [0.5, 0.6) is 0 Å². The molecule has 0 unspecified atom stereocenters. The van der Waals surface area contributed by atoms with Crippen molar-refractivity contribution in [2.75, 3.05) is 18.1 Å². The van der Waals surface area contributed by atoms with E-state index in [4.69, 9.17) is 9.05 Å². The highest BCUT2D eigenvalue weighted by molar-refractivity contribution is 7.62. The molecule has 0 aromatic heterocycles. The summed E-state index contributed by atoms with van der Waals surface area (Å²) in [6, 6.07) is 24.4. The fourth-order valence-corrected chi connectivity index (χ4v) is 4.71. The lowest BCUT2D eigenvalue weighted by Gasteiger charge is -2.26. The minimum Gasteiger partial charge on any atom is -0.311 e. The molecule has 0 saturated carbocycles. The van der Waals surface area contributed by atoms with E-state index in [-0.39, 0.29) is 0 Å². The first kappa shape index (κ1) is 21.3. The minimum atomic E-state index is -3.30. The van der Waals surface area contributed by atoms with Gasteiger partial charge in [-0.25, -0.2) is 0 Å². The summed E-state index contributed by atoms with van der Waals surface area (Å²) < 4.78 is 24.0. The molecule has 3 aromatic rings. The average molecular weight is 409 g/mol. The van der Waals surface area contributed by atoms with Gasteiger partial charge in [-0.1, -0.05) is 35.4 Å². The van der Waals surface area contributed by atoms with Crippen LogP contribution in [0.1, 0.15) is 25.0 Å². The van der Waals surface area contributed by atoms with Crippen LogP contribution >= 0.6 is 7.60 Å². The molecule has 0 saturated heterocycles. The van der Waals surface area contributed by atoms with E-state index in [2.05, 4.69) is 67.3 Å². The van der Waals surface area contributed by atoms with Crippen LogP contribution in [0, 0.1) is 13.8 Å². The van der Waals surface area contributed by atoms with E-state index in [1.807, 2.05) is 38.1 Å². The van der Waals surface area contributed by atoms with Gasteiger partial charge in [0.1, 0.15) is 0 Å². The van der Waals surface area contributed by atoms with E-state index < -0.39 is 7.60 Å². The molecule has 5 heteroatoms. The maximum atomic E-state index is 13.1. The SMILES string of the molecule is CCOP(=O)(OCC)c1ccc(N(c2ccc(C)cc2)c2ccc(C)cc2)cc1. The molecule has 3 aromatic carbocycles. The van der Waals surface area contributed by atoms with Crippen molar-refractivity contribution in [3.05, 3.63) is 83.9 Å². The van der Waals surface area contributed by atoms with Crippen LogP contribution in [0.4, 0.5) is 17.1 Å². The summed E-state index contributed by atoms with van der Waals surface area (Å²) in [5, 5.41) is 0.567. The molecule has 0 aliphatic carbocycles. The fourth-order valence-electron chi connectivity index (χ4n) is 3.15. The van der Waals surface area contributed by atoms with Gasteiger partial charge in [0.05, 0.1) is 18.5 Å². The lowest BCUT2D eigenvalue weighted by Crippen LogP contribution is -2.13. The Hall–Kier alpha value is -2.39. The first-order valence-electron chi connectivity index (χ1n) is 9.90. The summed E-state index contributed by atoms with van der Waals surface area (Å²) in [5.74, 6) is 0. The highest BCUT2D eigenvalue weighted by atomic mass is 31.2. The van der Waals surface area contributed by atoms with Crippen LogP contribution in [0.15, 0.2) is 72.8 Å². The van der Waals surface area contributed by atoms with Crippen molar-refractivity contribution in [2.24, 2.45) is 0 Å². The average Bonchev–Trinajstić information content (AvgIpc) is 2.72. The zero-order valence-corrected chi connectivity index (χ0v) is 18.4. The maximum absolute atomic E-state index is 13.1. The Morgan fingerprint density at radius 3 is 1.34 bits per heavy atom. The van der Waals surface area contributed by atoms with Crippen LogP contribution in [0.3, 0.4) is 0 Å². The molecule has 0 atom stereocenters.